The van der Waals surface area contributed by atoms with Crippen molar-refractivity contribution in [3.63, 3.8) is 0 Å². The molecule has 184 valence electrons. The number of furan rings is 1. The lowest BCUT2D eigenvalue weighted by Gasteiger charge is -2.08. The Kier molecular flexibility index (Phi) is 4.77. The lowest BCUT2D eigenvalue weighted by atomic mass is 9.97. The molecule has 6 aromatic carbocycles. The van der Waals surface area contributed by atoms with Gasteiger partial charge in [0.1, 0.15) is 11.2 Å². The maximum atomic E-state index is 6.40. The SMILES string of the molecule is Cc1cccc(-c2cccc(-c3ccc4oc5cc(-n6c7ccccc7c7ccccc76)ccc5c4c3)c2)c1. The molecule has 2 aromatic heterocycles. The lowest BCUT2D eigenvalue weighted by Crippen LogP contribution is -1.93. The zero-order valence-corrected chi connectivity index (χ0v) is 21.6. The fraction of sp³-hybridized carbons (Fsp3) is 0.0270. The molecular weight excluding hydrogens is 474 g/mol. The number of fused-ring (bicyclic) bond motifs is 6. The summed E-state index contributed by atoms with van der Waals surface area (Å²) < 4.78 is 8.73. The maximum absolute atomic E-state index is 6.40. The van der Waals surface area contributed by atoms with Gasteiger partial charge in [-0.25, -0.2) is 0 Å². The summed E-state index contributed by atoms with van der Waals surface area (Å²) in [5, 5.41) is 4.79. The second-order valence-corrected chi connectivity index (χ2v) is 10.3. The summed E-state index contributed by atoms with van der Waals surface area (Å²) >= 11 is 0. The van der Waals surface area contributed by atoms with Crippen LogP contribution in [0.15, 0.2) is 138 Å². The first kappa shape index (κ1) is 22.0. The molecule has 0 bridgehead atoms. The second kappa shape index (κ2) is 8.47. The molecule has 8 aromatic rings. The van der Waals surface area contributed by atoms with Crippen LogP contribution in [0.25, 0.3) is 71.7 Å². The fourth-order valence-electron chi connectivity index (χ4n) is 5.99. The van der Waals surface area contributed by atoms with Crippen LogP contribution in [-0.4, -0.2) is 4.57 Å². The van der Waals surface area contributed by atoms with Gasteiger partial charge < -0.3 is 8.98 Å². The third kappa shape index (κ3) is 3.49. The van der Waals surface area contributed by atoms with Gasteiger partial charge in [-0.2, -0.15) is 0 Å². The molecule has 2 heteroatoms. The molecule has 0 fully saturated rings. The van der Waals surface area contributed by atoms with E-state index in [-0.39, 0.29) is 0 Å². The zero-order valence-electron chi connectivity index (χ0n) is 21.6. The Bertz CT molecular complexity index is 2140. The van der Waals surface area contributed by atoms with Crippen molar-refractivity contribution in [2.45, 2.75) is 6.92 Å². The van der Waals surface area contributed by atoms with Crippen LogP contribution in [0.2, 0.25) is 0 Å². The van der Waals surface area contributed by atoms with Crippen LogP contribution >= 0.6 is 0 Å². The molecule has 0 aliphatic carbocycles. The molecule has 0 saturated carbocycles. The van der Waals surface area contributed by atoms with Gasteiger partial charge in [0.25, 0.3) is 0 Å². The van der Waals surface area contributed by atoms with Gasteiger partial charge in [0, 0.05) is 33.3 Å². The summed E-state index contributed by atoms with van der Waals surface area (Å²) in [4.78, 5) is 0. The molecule has 0 aliphatic rings. The maximum Gasteiger partial charge on any atom is 0.137 e. The van der Waals surface area contributed by atoms with Crippen LogP contribution in [0.3, 0.4) is 0 Å². The second-order valence-electron chi connectivity index (χ2n) is 10.3. The number of hydrogen-bond acceptors (Lipinski definition) is 1. The smallest absolute Gasteiger partial charge is 0.137 e. The van der Waals surface area contributed by atoms with Crippen molar-refractivity contribution < 1.29 is 4.42 Å². The number of benzene rings is 6. The minimum Gasteiger partial charge on any atom is -0.456 e. The number of hydrogen-bond donors (Lipinski definition) is 0. The normalized spacial score (nSPS) is 11.7. The van der Waals surface area contributed by atoms with E-state index >= 15 is 0 Å². The van der Waals surface area contributed by atoms with Crippen LogP contribution in [0.1, 0.15) is 5.56 Å². The summed E-state index contributed by atoms with van der Waals surface area (Å²) in [7, 11) is 0. The molecule has 0 saturated heterocycles. The highest BCUT2D eigenvalue weighted by molar-refractivity contribution is 6.10. The molecule has 0 N–H and O–H groups in total. The van der Waals surface area contributed by atoms with E-state index < -0.39 is 0 Å². The highest BCUT2D eigenvalue weighted by atomic mass is 16.3. The predicted octanol–water partition coefficient (Wildman–Crippen LogP) is 10.3. The van der Waals surface area contributed by atoms with E-state index in [1.807, 2.05) is 0 Å². The van der Waals surface area contributed by atoms with Crippen molar-refractivity contribution in [1.82, 2.24) is 4.57 Å². The van der Waals surface area contributed by atoms with E-state index in [4.69, 9.17) is 4.42 Å². The van der Waals surface area contributed by atoms with Crippen LogP contribution in [0, 0.1) is 6.92 Å². The van der Waals surface area contributed by atoms with Gasteiger partial charge in [-0.15, -0.1) is 0 Å². The first-order valence-electron chi connectivity index (χ1n) is 13.4. The highest BCUT2D eigenvalue weighted by Crippen LogP contribution is 2.37. The third-order valence-electron chi connectivity index (χ3n) is 7.84. The summed E-state index contributed by atoms with van der Waals surface area (Å²) in [5.41, 5.74) is 11.4. The van der Waals surface area contributed by atoms with Crippen molar-refractivity contribution in [2.24, 2.45) is 0 Å². The lowest BCUT2D eigenvalue weighted by molar-refractivity contribution is 0.668. The third-order valence-corrected chi connectivity index (χ3v) is 7.84. The van der Waals surface area contributed by atoms with Gasteiger partial charge in [0.15, 0.2) is 0 Å². The first-order chi connectivity index (χ1) is 19.2. The molecule has 39 heavy (non-hydrogen) atoms. The Morgan fingerprint density at radius 3 is 1.79 bits per heavy atom. The molecule has 0 atom stereocenters. The van der Waals surface area contributed by atoms with Gasteiger partial charge in [-0.3, -0.25) is 0 Å². The van der Waals surface area contributed by atoms with Crippen LogP contribution < -0.4 is 0 Å². The molecule has 0 radical (unpaired) electrons. The molecule has 2 heterocycles. The number of nitrogens with zero attached hydrogens (tertiary/aromatic N) is 1. The van der Waals surface area contributed by atoms with Gasteiger partial charge >= 0.3 is 0 Å². The molecule has 0 unspecified atom stereocenters. The van der Waals surface area contributed by atoms with Crippen molar-refractivity contribution in [1.29, 1.82) is 0 Å². The van der Waals surface area contributed by atoms with Crippen LogP contribution in [0.4, 0.5) is 0 Å². The van der Waals surface area contributed by atoms with E-state index in [9.17, 15) is 0 Å². The standard InChI is InChI=1S/C37H25NO/c1-24-8-6-9-25(20-24)26-10-7-11-27(21-26)28-16-19-36-33(22-28)32-18-17-29(23-37(32)39-36)38-34-14-4-2-12-30(34)31-13-3-5-15-35(31)38/h2-23H,1H3. The van der Waals surface area contributed by atoms with Crippen molar-refractivity contribution in [3.05, 3.63) is 139 Å². The van der Waals surface area contributed by atoms with Crippen molar-refractivity contribution in [2.75, 3.05) is 0 Å². The fourth-order valence-corrected chi connectivity index (χ4v) is 5.99. The number of rotatable bonds is 3. The summed E-state index contributed by atoms with van der Waals surface area (Å²) in [6, 6.07) is 47.8. The van der Waals surface area contributed by atoms with E-state index in [1.165, 1.54) is 49.6 Å². The van der Waals surface area contributed by atoms with Crippen molar-refractivity contribution in [3.8, 4) is 27.9 Å². The van der Waals surface area contributed by atoms with Gasteiger partial charge in [0.05, 0.1) is 11.0 Å². The Balaban J connectivity index is 1.26. The number of aromatic nitrogens is 1. The molecule has 0 spiro atoms. The minimum absolute atomic E-state index is 0.898. The molecule has 0 aliphatic heterocycles. The largest absolute Gasteiger partial charge is 0.456 e. The van der Waals surface area contributed by atoms with E-state index in [0.717, 1.165) is 27.6 Å². The summed E-state index contributed by atoms with van der Waals surface area (Å²) in [5.74, 6) is 0. The Morgan fingerprint density at radius 2 is 1.08 bits per heavy atom. The average molecular weight is 500 g/mol. The average Bonchev–Trinajstić information content (AvgIpc) is 3.52. The van der Waals surface area contributed by atoms with Gasteiger partial charge in [0.2, 0.25) is 0 Å². The molecule has 2 nitrogen and oxygen atoms in total. The topological polar surface area (TPSA) is 18.1 Å². The van der Waals surface area contributed by atoms with E-state index in [0.29, 0.717) is 0 Å². The monoisotopic (exact) mass is 499 g/mol. The van der Waals surface area contributed by atoms with Crippen LogP contribution in [-0.2, 0) is 0 Å². The minimum atomic E-state index is 0.898. The predicted molar refractivity (Wildman–Crippen MR) is 164 cm³/mol. The van der Waals surface area contributed by atoms with E-state index in [2.05, 4.69) is 145 Å². The van der Waals surface area contributed by atoms with Gasteiger partial charge in [-0.05, 0) is 71.6 Å². The van der Waals surface area contributed by atoms with Crippen molar-refractivity contribution >= 4 is 43.7 Å². The Hall–Kier alpha value is -5.08. The Morgan fingerprint density at radius 1 is 0.436 bits per heavy atom. The highest BCUT2D eigenvalue weighted by Gasteiger charge is 2.14. The van der Waals surface area contributed by atoms with Gasteiger partial charge in [-0.1, -0.05) is 90.5 Å². The number of aryl methyl sites for hydroxylation is 1. The molecular formula is C37H25NO. The first-order valence-corrected chi connectivity index (χ1v) is 13.4. The molecule has 0 amide bonds. The Labute approximate surface area is 226 Å². The number of para-hydroxylation sites is 2. The molecule has 8 rings (SSSR count). The zero-order chi connectivity index (χ0) is 25.9. The van der Waals surface area contributed by atoms with E-state index in [1.54, 1.807) is 0 Å². The quantitative estimate of drug-likeness (QED) is 0.236. The summed E-state index contributed by atoms with van der Waals surface area (Å²) in [6.07, 6.45) is 0. The summed E-state index contributed by atoms with van der Waals surface area (Å²) in [6.45, 7) is 2.14. The van der Waals surface area contributed by atoms with Crippen LogP contribution in [0.5, 0.6) is 0 Å².